The molecule has 0 heterocycles. The molecule has 3 N–H and O–H groups in total. The van der Waals surface area contributed by atoms with E-state index in [2.05, 4.69) is 5.32 Å². The number of amides is 1. The smallest absolute Gasteiger partial charge is 0.224 e. The number of carbonyl (C=O) groups excluding carboxylic acids is 1. The Morgan fingerprint density at radius 3 is 2.62 bits per heavy atom. The molecule has 0 atom stereocenters. The summed E-state index contributed by atoms with van der Waals surface area (Å²) in [6.45, 7) is 1.96. The zero-order valence-electron chi connectivity index (χ0n) is 11.6. The van der Waals surface area contributed by atoms with Crippen LogP contribution >= 0.6 is 0 Å². The van der Waals surface area contributed by atoms with Crippen LogP contribution in [0.15, 0.2) is 36.4 Å². The second-order valence-corrected chi connectivity index (χ2v) is 4.83. The highest BCUT2D eigenvalue weighted by Gasteiger charge is 2.12. The van der Waals surface area contributed by atoms with Crippen LogP contribution in [-0.4, -0.2) is 5.91 Å². The Labute approximate surface area is 121 Å². The minimum Gasteiger partial charge on any atom is -0.397 e. The van der Waals surface area contributed by atoms with Crippen LogP contribution in [0.25, 0.3) is 0 Å². The molecule has 0 radical (unpaired) electrons. The van der Waals surface area contributed by atoms with Gasteiger partial charge in [-0.3, -0.25) is 4.79 Å². The van der Waals surface area contributed by atoms with Gasteiger partial charge in [-0.1, -0.05) is 24.3 Å². The number of nitrogens with one attached hydrogen (secondary N) is 1. The van der Waals surface area contributed by atoms with Gasteiger partial charge in [-0.25, -0.2) is 8.78 Å². The first-order chi connectivity index (χ1) is 9.97. The van der Waals surface area contributed by atoms with Crippen LogP contribution in [0.1, 0.15) is 17.5 Å². The van der Waals surface area contributed by atoms with Crippen molar-refractivity contribution in [2.45, 2.75) is 19.8 Å². The molecule has 5 heteroatoms. The number of nitrogen functional groups attached to an aromatic ring is 1. The summed E-state index contributed by atoms with van der Waals surface area (Å²) in [6.07, 6.45) is 0.738. The van der Waals surface area contributed by atoms with E-state index in [9.17, 15) is 13.6 Å². The Morgan fingerprint density at radius 1 is 1.24 bits per heavy atom. The van der Waals surface area contributed by atoms with Gasteiger partial charge in [-0.2, -0.15) is 0 Å². The molecule has 0 bridgehead atoms. The topological polar surface area (TPSA) is 55.1 Å². The quantitative estimate of drug-likeness (QED) is 0.848. The van der Waals surface area contributed by atoms with Crippen LogP contribution in [0.4, 0.5) is 20.2 Å². The average Bonchev–Trinajstić information content (AvgIpc) is 2.42. The van der Waals surface area contributed by atoms with Crippen molar-refractivity contribution in [1.29, 1.82) is 0 Å². The van der Waals surface area contributed by atoms with Crippen molar-refractivity contribution < 1.29 is 13.6 Å². The fraction of sp³-hybridized carbons (Fsp3) is 0.188. The summed E-state index contributed by atoms with van der Waals surface area (Å²) in [5.41, 5.74) is 7.36. The first-order valence-corrected chi connectivity index (χ1v) is 6.56. The predicted molar refractivity (Wildman–Crippen MR) is 78.9 cm³/mol. The molecular weight excluding hydrogens is 274 g/mol. The van der Waals surface area contributed by atoms with Gasteiger partial charge in [0.2, 0.25) is 5.91 Å². The van der Waals surface area contributed by atoms with E-state index in [-0.39, 0.29) is 23.7 Å². The van der Waals surface area contributed by atoms with E-state index in [1.807, 2.05) is 31.2 Å². The second-order valence-electron chi connectivity index (χ2n) is 4.83. The van der Waals surface area contributed by atoms with Crippen molar-refractivity contribution in [3.8, 4) is 0 Å². The highest BCUT2D eigenvalue weighted by molar-refractivity contribution is 5.94. The van der Waals surface area contributed by atoms with Crippen LogP contribution in [-0.2, 0) is 11.2 Å². The van der Waals surface area contributed by atoms with Crippen molar-refractivity contribution in [2.75, 3.05) is 11.1 Å². The first-order valence-electron chi connectivity index (χ1n) is 6.56. The number of hydrogen-bond donors (Lipinski definition) is 2. The molecule has 0 saturated heterocycles. The van der Waals surface area contributed by atoms with Crippen LogP contribution in [0.3, 0.4) is 0 Å². The van der Waals surface area contributed by atoms with Gasteiger partial charge in [0.25, 0.3) is 0 Å². The third-order valence-corrected chi connectivity index (χ3v) is 3.23. The predicted octanol–water partition coefficient (Wildman–Crippen LogP) is 3.43. The lowest BCUT2D eigenvalue weighted by Crippen LogP contribution is -2.15. The number of halogens is 2. The molecule has 0 saturated carbocycles. The summed E-state index contributed by atoms with van der Waals surface area (Å²) in [7, 11) is 0. The molecule has 0 fully saturated rings. The van der Waals surface area contributed by atoms with Crippen LogP contribution in [0, 0.1) is 18.6 Å². The largest absolute Gasteiger partial charge is 0.397 e. The molecule has 3 nitrogen and oxygen atoms in total. The number of hydrogen-bond acceptors (Lipinski definition) is 2. The Bertz CT molecular complexity index is 648. The zero-order chi connectivity index (χ0) is 15.4. The molecule has 110 valence electrons. The fourth-order valence-electron chi connectivity index (χ4n) is 2.07. The summed E-state index contributed by atoms with van der Waals surface area (Å²) in [4.78, 5) is 11.9. The summed E-state index contributed by atoms with van der Waals surface area (Å²) in [5, 5.41) is 2.39. The third-order valence-electron chi connectivity index (χ3n) is 3.23. The second kappa shape index (κ2) is 6.35. The van der Waals surface area contributed by atoms with Crippen LogP contribution in [0.5, 0.6) is 0 Å². The SMILES string of the molecule is Cc1ccccc1CCC(=O)Nc1c(N)cc(F)cc1F. The molecule has 2 aromatic carbocycles. The summed E-state index contributed by atoms with van der Waals surface area (Å²) < 4.78 is 26.5. The highest BCUT2D eigenvalue weighted by atomic mass is 19.1. The molecule has 0 aliphatic heterocycles. The lowest BCUT2D eigenvalue weighted by Gasteiger charge is -2.10. The van der Waals surface area contributed by atoms with Crippen molar-refractivity contribution >= 4 is 17.3 Å². The normalized spacial score (nSPS) is 10.4. The van der Waals surface area contributed by atoms with Crippen molar-refractivity contribution in [2.24, 2.45) is 0 Å². The maximum absolute atomic E-state index is 13.6. The summed E-state index contributed by atoms with van der Waals surface area (Å²) in [5.74, 6) is -2.02. The molecule has 0 aliphatic rings. The molecule has 2 rings (SSSR count). The van der Waals surface area contributed by atoms with Gasteiger partial charge in [0.15, 0.2) is 5.82 Å². The van der Waals surface area contributed by atoms with E-state index >= 15 is 0 Å². The molecule has 1 amide bonds. The highest BCUT2D eigenvalue weighted by Crippen LogP contribution is 2.24. The standard InChI is InChI=1S/C16H16F2N2O/c1-10-4-2-3-5-11(10)6-7-15(21)20-16-13(18)8-12(17)9-14(16)19/h2-5,8-9H,6-7,19H2,1H3,(H,20,21). The molecule has 21 heavy (non-hydrogen) atoms. The number of nitrogens with two attached hydrogens (primary N) is 1. The Morgan fingerprint density at radius 2 is 1.95 bits per heavy atom. The van der Waals surface area contributed by atoms with Crippen LogP contribution in [0.2, 0.25) is 0 Å². The molecular formula is C16H16F2N2O. The van der Waals surface area contributed by atoms with E-state index in [0.717, 1.165) is 17.2 Å². The minimum absolute atomic E-state index is 0.128. The van der Waals surface area contributed by atoms with Gasteiger partial charge < -0.3 is 11.1 Å². The van der Waals surface area contributed by atoms with E-state index in [0.29, 0.717) is 12.5 Å². The van der Waals surface area contributed by atoms with Gasteiger partial charge in [-0.15, -0.1) is 0 Å². The number of rotatable bonds is 4. The first kappa shape index (κ1) is 15.0. The number of benzene rings is 2. The van der Waals surface area contributed by atoms with E-state index < -0.39 is 11.6 Å². The van der Waals surface area contributed by atoms with Gasteiger partial charge >= 0.3 is 0 Å². The van der Waals surface area contributed by atoms with E-state index in [1.54, 1.807) is 0 Å². The van der Waals surface area contributed by atoms with E-state index in [1.165, 1.54) is 0 Å². The van der Waals surface area contributed by atoms with Gasteiger partial charge in [-0.05, 0) is 30.5 Å². The van der Waals surface area contributed by atoms with E-state index in [4.69, 9.17) is 5.73 Å². The van der Waals surface area contributed by atoms with Crippen molar-refractivity contribution in [1.82, 2.24) is 0 Å². The lowest BCUT2D eigenvalue weighted by molar-refractivity contribution is -0.116. The minimum atomic E-state index is -0.878. The van der Waals surface area contributed by atoms with Crippen molar-refractivity contribution in [3.05, 3.63) is 59.2 Å². The molecule has 0 unspecified atom stereocenters. The van der Waals surface area contributed by atoms with Gasteiger partial charge in [0.05, 0.1) is 5.69 Å². The molecule has 2 aromatic rings. The molecule has 0 aliphatic carbocycles. The maximum atomic E-state index is 13.6. The van der Waals surface area contributed by atoms with Gasteiger partial charge in [0, 0.05) is 12.5 Å². The number of carbonyl (C=O) groups is 1. The van der Waals surface area contributed by atoms with Gasteiger partial charge in [0.1, 0.15) is 11.5 Å². The number of aryl methyl sites for hydroxylation is 2. The lowest BCUT2D eigenvalue weighted by atomic mass is 10.0. The average molecular weight is 290 g/mol. The summed E-state index contributed by atoms with van der Waals surface area (Å²) in [6, 6.07) is 9.39. The molecule has 0 spiro atoms. The molecule has 0 aromatic heterocycles. The fourth-order valence-corrected chi connectivity index (χ4v) is 2.07. The van der Waals surface area contributed by atoms with Crippen LogP contribution < -0.4 is 11.1 Å². The number of anilines is 2. The Hall–Kier alpha value is -2.43. The maximum Gasteiger partial charge on any atom is 0.224 e. The monoisotopic (exact) mass is 290 g/mol. The Balaban J connectivity index is 2.01. The van der Waals surface area contributed by atoms with Crippen molar-refractivity contribution in [3.63, 3.8) is 0 Å². The summed E-state index contributed by atoms with van der Waals surface area (Å²) >= 11 is 0. The third kappa shape index (κ3) is 3.78. The Kier molecular flexibility index (Phi) is 4.52. The zero-order valence-corrected chi connectivity index (χ0v) is 11.6.